The van der Waals surface area contributed by atoms with Crippen LogP contribution in [0.2, 0.25) is 0 Å². The lowest BCUT2D eigenvalue weighted by Gasteiger charge is -2.34. The molecular weight excluding hydrogens is 410 g/mol. The lowest BCUT2D eigenvalue weighted by Crippen LogP contribution is -2.49. The maximum Gasteiger partial charge on any atom is 0.254 e. The Balaban J connectivity index is 1.35. The summed E-state index contributed by atoms with van der Waals surface area (Å²) in [5.74, 6) is 0.742. The number of carbonyl (C=O) groups is 1. The number of imidazole rings is 1. The van der Waals surface area contributed by atoms with Gasteiger partial charge in [0.1, 0.15) is 0 Å². The molecule has 3 heterocycles. The van der Waals surface area contributed by atoms with Crippen molar-refractivity contribution in [2.75, 3.05) is 39.3 Å². The maximum atomic E-state index is 13.0. The molecule has 8 heteroatoms. The molecule has 7 nitrogen and oxygen atoms in total. The van der Waals surface area contributed by atoms with E-state index in [2.05, 4.69) is 14.9 Å². The Labute approximate surface area is 184 Å². The summed E-state index contributed by atoms with van der Waals surface area (Å²) in [5, 5.41) is 11.9. The van der Waals surface area contributed by atoms with E-state index in [9.17, 15) is 4.79 Å². The van der Waals surface area contributed by atoms with Gasteiger partial charge in [0.25, 0.3) is 5.91 Å². The molecule has 31 heavy (non-hydrogen) atoms. The van der Waals surface area contributed by atoms with E-state index in [-0.39, 0.29) is 12.5 Å². The highest BCUT2D eigenvalue weighted by molar-refractivity contribution is 7.13. The molecule has 1 amide bonds. The van der Waals surface area contributed by atoms with Crippen LogP contribution < -0.4 is 0 Å². The highest BCUT2D eigenvalue weighted by Crippen LogP contribution is 2.29. The normalized spacial score (nSPS) is 14.9. The van der Waals surface area contributed by atoms with Gasteiger partial charge in [-0.3, -0.25) is 9.69 Å². The summed E-state index contributed by atoms with van der Waals surface area (Å²) in [7, 11) is 0. The smallest absolute Gasteiger partial charge is 0.254 e. The van der Waals surface area contributed by atoms with Crippen molar-refractivity contribution in [3.05, 3.63) is 59.5 Å². The number of carbonyl (C=O) groups excluding carboxylic acids is 1. The predicted octanol–water partition coefficient (Wildman–Crippen LogP) is 3.10. The quantitative estimate of drug-likeness (QED) is 0.505. The summed E-state index contributed by atoms with van der Waals surface area (Å²) < 4.78 is 0. The fourth-order valence-electron chi connectivity index (χ4n) is 3.87. The second-order valence-electron chi connectivity index (χ2n) is 7.58. The number of nitrogens with zero attached hydrogens (tertiary/aromatic N) is 4. The number of aliphatic hydroxyl groups excluding tert-OH is 1. The Kier molecular flexibility index (Phi) is 5.50. The van der Waals surface area contributed by atoms with Gasteiger partial charge in [-0.2, -0.15) is 0 Å². The van der Waals surface area contributed by atoms with Gasteiger partial charge >= 0.3 is 0 Å². The van der Waals surface area contributed by atoms with E-state index in [1.54, 1.807) is 11.3 Å². The zero-order valence-corrected chi connectivity index (χ0v) is 17.8. The number of aromatic amines is 1. The number of nitrogens with one attached hydrogen (secondary N) is 1. The summed E-state index contributed by atoms with van der Waals surface area (Å²) in [5.41, 5.74) is 4.31. The number of benzene rings is 2. The van der Waals surface area contributed by atoms with E-state index >= 15 is 0 Å². The van der Waals surface area contributed by atoms with Gasteiger partial charge in [0.05, 0.1) is 23.3 Å². The first kappa shape index (κ1) is 19.9. The first-order valence-electron chi connectivity index (χ1n) is 10.3. The average molecular weight is 434 g/mol. The lowest BCUT2D eigenvalue weighted by molar-refractivity contribution is 0.0615. The number of β-amino-alcohol motifs (C(OH)–C–C–N with tert-alkyl or cyclic N) is 1. The highest BCUT2D eigenvalue weighted by atomic mass is 32.1. The van der Waals surface area contributed by atoms with Crippen molar-refractivity contribution in [1.82, 2.24) is 24.8 Å². The van der Waals surface area contributed by atoms with Crippen LogP contribution in [0.4, 0.5) is 0 Å². The number of aliphatic hydroxyl groups is 1. The first-order valence-corrected chi connectivity index (χ1v) is 11.2. The molecule has 2 N–H and O–H groups in total. The number of fused-ring (bicyclic) bond motifs is 1. The Morgan fingerprint density at radius 2 is 1.87 bits per heavy atom. The van der Waals surface area contributed by atoms with Crippen LogP contribution in [0.5, 0.6) is 0 Å². The standard InChI is InChI=1S/C23H23N5O2S/c29-13-12-27-8-10-28(11-9-27)23(30)17-6-7-18-19(14-17)25-21(24-18)22-26-20(15-31-22)16-4-2-1-3-5-16/h1-7,14-15,29H,8-13H2,(H,24,25). The van der Waals surface area contributed by atoms with Crippen molar-refractivity contribution in [3.63, 3.8) is 0 Å². The first-order chi connectivity index (χ1) is 15.2. The predicted molar refractivity (Wildman–Crippen MR) is 122 cm³/mol. The second kappa shape index (κ2) is 8.58. The molecule has 0 atom stereocenters. The summed E-state index contributed by atoms with van der Waals surface area (Å²) in [6.07, 6.45) is 0. The zero-order chi connectivity index (χ0) is 21.2. The van der Waals surface area contributed by atoms with Gasteiger partial charge < -0.3 is 15.0 Å². The third kappa shape index (κ3) is 4.10. The third-order valence-corrected chi connectivity index (χ3v) is 6.43. The van der Waals surface area contributed by atoms with Crippen LogP contribution in [-0.2, 0) is 0 Å². The van der Waals surface area contributed by atoms with Crippen LogP contribution in [-0.4, -0.2) is 75.1 Å². The molecule has 4 aromatic rings. The molecule has 0 spiro atoms. The maximum absolute atomic E-state index is 13.0. The average Bonchev–Trinajstić information content (AvgIpc) is 3.47. The number of aromatic nitrogens is 3. The van der Waals surface area contributed by atoms with Crippen LogP contribution in [0.1, 0.15) is 10.4 Å². The summed E-state index contributed by atoms with van der Waals surface area (Å²) >= 11 is 1.55. The largest absolute Gasteiger partial charge is 0.395 e. The van der Waals surface area contributed by atoms with Gasteiger partial charge in [-0.1, -0.05) is 30.3 Å². The Hall–Kier alpha value is -3.07. The number of thiazole rings is 1. The molecule has 158 valence electrons. The van der Waals surface area contributed by atoms with Gasteiger partial charge in [0.2, 0.25) is 0 Å². The van der Waals surface area contributed by atoms with Gasteiger partial charge in [-0.05, 0) is 18.2 Å². The molecule has 1 saturated heterocycles. The molecule has 0 bridgehead atoms. The lowest BCUT2D eigenvalue weighted by atomic mass is 10.1. The van der Waals surface area contributed by atoms with Crippen molar-refractivity contribution in [1.29, 1.82) is 0 Å². The number of amides is 1. The zero-order valence-electron chi connectivity index (χ0n) is 17.0. The van der Waals surface area contributed by atoms with Crippen molar-refractivity contribution in [2.45, 2.75) is 0 Å². The fourth-order valence-corrected chi connectivity index (χ4v) is 4.64. The Bertz CT molecular complexity index is 1200. The van der Waals surface area contributed by atoms with E-state index in [1.807, 2.05) is 58.8 Å². The van der Waals surface area contributed by atoms with Gasteiger partial charge in [0, 0.05) is 49.2 Å². The molecule has 0 unspecified atom stereocenters. The molecule has 1 aliphatic heterocycles. The summed E-state index contributed by atoms with van der Waals surface area (Å²) in [6.45, 7) is 3.73. The molecule has 1 fully saturated rings. The van der Waals surface area contributed by atoms with E-state index in [4.69, 9.17) is 10.1 Å². The summed E-state index contributed by atoms with van der Waals surface area (Å²) in [4.78, 5) is 29.7. The van der Waals surface area contributed by atoms with E-state index in [1.165, 1.54) is 0 Å². The molecule has 5 rings (SSSR count). The van der Waals surface area contributed by atoms with E-state index in [0.29, 0.717) is 31.0 Å². The minimum Gasteiger partial charge on any atom is -0.395 e. The number of rotatable bonds is 5. The number of H-pyrrole nitrogens is 1. The summed E-state index contributed by atoms with van der Waals surface area (Å²) in [6, 6.07) is 15.7. The van der Waals surface area contributed by atoms with Crippen molar-refractivity contribution in [2.24, 2.45) is 0 Å². The number of hydrogen-bond acceptors (Lipinski definition) is 6. The minimum absolute atomic E-state index is 0.0299. The van der Waals surface area contributed by atoms with Gasteiger partial charge in [-0.15, -0.1) is 11.3 Å². The van der Waals surface area contributed by atoms with Crippen LogP contribution >= 0.6 is 11.3 Å². The molecule has 1 aliphatic rings. The van der Waals surface area contributed by atoms with Crippen molar-refractivity contribution in [3.8, 4) is 22.1 Å². The minimum atomic E-state index is 0.0299. The Morgan fingerprint density at radius 3 is 2.65 bits per heavy atom. The monoisotopic (exact) mass is 433 g/mol. The number of piperazine rings is 1. The Morgan fingerprint density at radius 1 is 1.06 bits per heavy atom. The van der Waals surface area contributed by atoms with Crippen LogP contribution in [0.15, 0.2) is 53.9 Å². The van der Waals surface area contributed by atoms with Crippen molar-refractivity contribution >= 4 is 28.3 Å². The highest BCUT2D eigenvalue weighted by Gasteiger charge is 2.22. The van der Waals surface area contributed by atoms with Gasteiger partial charge in [0.15, 0.2) is 10.8 Å². The molecule has 0 aliphatic carbocycles. The molecule has 0 saturated carbocycles. The van der Waals surface area contributed by atoms with Crippen LogP contribution in [0.25, 0.3) is 33.1 Å². The fraction of sp³-hybridized carbons (Fsp3) is 0.261. The second-order valence-corrected chi connectivity index (χ2v) is 8.44. The SMILES string of the molecule is O=C(c1ccc2nc(-c3nc(-c4ccccc4)cs3)[nH]c2c1)N1CCN(CCO)CC1. The molecule has 0 radical (unpaired) electrons. The molecule has 2 aromatic heterocycles. The number of hydrogen-bond donors (Lipinski definition) is 2. The molecular formula is C23H23N5O2S. The van der Waals surface area contributed by atoms with Crippen LogP contribution in [0.3, 0.4) is 0 Å². The molecule has 2 aromatic carbocycles. The van der Waals surface area contributed by atoms with Crippen LogP contribution in [0, 0.1) is 0 Å². The van der Waals surface area contributed by atoms with Crippen molar-refractivity contribution < 1.29 is 9.90 Å². The van der Waals surface area contributed by atoms with E-state index in [0.717, 1.165) is 40.4 Å². The van der Waals surface area contributed by atoms with Gasteiger partial charge in [-0.25, -0.2) is 9.97 Å². The topological polar surface area (TPSA) is 85.4 Å². The third-order valence-electron chi connectivity index (χ3n) is 5.58. The van der Waals surface area contributed by atoms with E-state index < -0.39 is 0 Å².